The van der Waals surface area contributed by atoms with Crippen molar-refractivity contribution in [2.24, 2.45) is 11.3 Å². The lowest BCUT2D eigenvalue weighted by molar-refractivity contribution is -0.124. The molecule has 1 nitrogen and oxygen atoms in total. The maximum Gasteiger partial charge on any atom is 0.135 e. The van der Waals surface area contributed by atoms with Gasteiger partial charge in [0, 0.05) is 5.41 Å². The second-order valence-electron chi connectivity index (χ2n) is 5.80. The number of allylic oxidation sites excluding steroid dienone is 3. The van der Waals surface area contributed by atoms with Gasteiger partial charge in [0.05, 0.1) is 0 Å². The minimum absolute atomic E-state index is 0.193. The van der Waals surface area contributed by atoms with Crippen molar-refractivity contribution >= 4 is 5.78 Å². The first-order chi connectivity index (χ1) is 7.33. The molecule has 1 atom stereocenters. The van der Waals surface area contributed by atoms with E-state index in [-0.39, 0.29) is 11.2 Å². The molecule has 0 unspecified atom stereocenters. The average Bonchev–Trinajstić information content (AvgIpc) is 2.17. The molecule has 16 heavy (non-hydrogen) atoms. The second-order valence-corrected chi connectivity index (χ2v) is 5.80. The first-order valence-corrected chi connectivity index (χ1v) is 6.17. The van der Waals surface area contributed by atoms with Gasteiger partial charge in [-0.25, -0.2) is 0 Å². The first kappa shape index (κ1) is 13.2. The van der Waals surface area contributed by atoms with Crippen LogP contribution in [0.25, 0.3) is 0 Å². The van der Waals surface area contributed by atoms with Gasteiger partial charge in [-0.05, 0) is 45.4 Å². The molecule has 0 spiro atoms. The number of carbonyl (C=O) groups excluding carboxylic acids is 1. The molecular formula is C15H24O. The summed E-state index contributed by atoms with van der Waals surface area (Å²) in [6, 6.07) is 0. The summed E-state index contributed by atoms with van der Waals surface area (Å²) in [6.07, 6.45) is 6.70. The van der Waals surface area contributed by atoms with Crippen LogP contribution in [0.2, 0.25) is 0 Å². The lowest BCUT2D eigenvalue weighted by Gasteiger charge is -2.27. The summed E-state index contributed by atoms with van der Waals surface area (Å²) >= 11 is 0. The highest BCUT2D eigenvalue weighted by molar-refractivity contribution is 5.81. The molecule has 0 aliphatic heterocycles. The highest BCUT2D eigenvalue weighted by Crippen LogP contribution is 2.34. The molecule has 0 N–H and O–H groups in total. The zero-order valence-electron chi connectivity index (χ0n) is 11.1. The Morgan fingerprint density at radius 1 is 1.50 bits per heavy atom. The van der Waals surface area contributed by atoms with Crippen LogP contribution in [0.15, 0.2) is 23.8 Å². The minimum Gasteiger partial charge on any atom is -0.299 e. The van der Waals surface area contributed by atoms with Crippen LogP contribution in [0.3, 0.4) is 0 Å². The van der Waals surface area contributed by atoms with Gasteiger partial charge < -0.3 is 0 Å². The lowest BCUT2D eigenvalue weighted by atomic mass is 9.77. The summed E-state index contributed by atoms with van der Waals surface area (Å²) in [5.74, 6) is 0.944. The van der Waals surface area contributed by atoms with E-state index < -0.39 is 0 Å². The van der Waals surface area contributed by atoms with Gasteiger partial charge in [-0.3, -0.25) is 4.79 Å². The molecular weight excluding hydrogens is 196 g/mol. The fraction of sp³-hybridized carbons (Fsp3) is 0.667. The van der Waals surface area contributed by atoms with Crippen molar-refractivity contribution in [1.82, 2.24) is 0 Å². The summed E-state index contributed by atoms with van der Waals surface area (Å²) in [4.78, 5) is 11.5. The van der Waals surface area contributed by atoms with Crippen molar-refractivity contribution in [2.75, 3.05) is 0 Å². The van der Waals surface area contributed by atoms with Crippen LogP contribution in [0.1, 0.15) is 53.4 Å². The van der Waals surface area contributed by atoms with Crippen LogP contribution in [0.5, 0.6) is 0 Å². The number of ketones is 1. The third-order valence-corrected chi connectivity index (χ3v) is 3.82. The summed E-state index contributed by atoms with van der Waals surface area (Å²) in [5.41, 5.74) is 2.56. The highest BCUT2D eigenvalue weighted by Gasteiger charge is 2.26. The summed E-state index contributed by atoms with van der Waals surface area (Å²) in [5, 5.41) is 0. The van der Waals surface area contributed by atoms with Crippen LogP contribution >= 0.6 is 0 Å². The molecule has 0 saturated heterocycles. The zero-order chi connectivity index (χ0) is 12.3. The van der Waals surface area contributed by atoms with Crippen LogP contribution in [-0.2, 0) is 4.79 Å². The van der Waals surface area contributed by atoms with Crippen molar-refractivity contribution < 1.29 is 4.79 Å². The Kier molecular flexibility index (Phi) is 4.12. The molecule has 0 fully saturated rings. The maximum absolute atomic E-state index is 11.5. The molecule has 0 aromatic heterocycles. The Labute approximate surface area is 99.6 Å². The van der Waals surface area contributed by atoms with Gasteiger partial charge in [0.15, 0.2) is 0 Å². The van der Waals surface area contributed by atoms with E-state index in [1.54, 1.807) is 6.92 Å². The van der Waals surface area contributed by atoms with Crippen LogP contribution < -0.4 is 0 Å². The summed E-state index contributed by atoms with van der Waals surface area (Å²) in [6.45, 7) is 11.9. The molecule has 90 valence electrons. The molecule has 0 aromatic rings. The molecule has 1 aliphatic carbocycles. The fourth-order valence-electron chi connectivity index (χ4n) is 2.19. The van der Waals surface area contributed by atoms with Crippen molar-refractivity contribution in [3.8, 4) is 0 Å². The molecule has 0 aromatic carbocycles. The molecule has 1 rings (SSSR count). The largest absolute Gasteiger partial charge is 0.299 e. The monoisotopic (exact) mass is 220 g/mol. The topological polar surface area (TPSA) is 17.1 Å². The lowest BCUT2D eigenvalue weighted by Crippen LogP contribution is -2.22. The van der Waals surface area contributed by atoms with Gasteiger partial charge in [0.1, 0.15) is 5.78 Å². The van der Waals surface area contributed by atoms with Gasteiger partial charge in [0.2, 0.25) is 0 Å². The van der Waals surface area contributed by atoms with Crippen molar-refractivity contribution in [1.29, 1.82) is 0 Å². The number of hydrogen-bond donors (Lipinski definition) is 0. The predicted molar refractivity (Wildman–Crippen MR) is 69.3 cm³/mol. The predicted octanol–water partition coefficient (Wildman–Crippen LogP) is 4.29. The molecule has 1 heteroatoms. The van der Waals surface area contributed by atoms with Crippen LogP contribution in [0, 0.1) is 11.3 Å². The Hall–Kier alpha value is -0.850. The van der Waals surface area contributed by atoms with Crippen molar-refractivity contribution in [3.63, 3.8) is 0 Å². The van der Waals surface area contributed by atoms with Gasteiger partial charge in [-0.1, -0.05) is 37.6 Å². The third kappa shape index (κ3) is 3.33. The average molecular weight is 220 g/mol. The quantitative estimate of drug-likeness (QED) is 0.646. The number of Topliss-reactive ketones (excluding diaryl/α,β-unsaturated/α-hetero) is 1. The molecule has 0 heterocycles. The summed E-state index contributed by atoms with van der Waals surface area (Å²) < 4.78 is 0. The highest BCUT2D eigenvalue weighted by atomic mass is 16.1. The number of hydrogen-bond acceptors (Lipinski definition) is 1. The van der Waals surface area contributed by atoms with Gasteiger partial charge >= 0.3 is 0 Å². The first-order valence-electron chi connectivity index (χ1n) is 6.17. The Balaban J connectivity index is 2.59. The Morgan fingerprint density at radius 3 is 2.50 bits per heavy atom. The smallest absolute Gasteiger partial charge is 0.135 e. The summed E-state index contributed by atoms with van der Waals surface area (Å²) in [7, 11) is 0. The third-order valence-electron chi connectivity index (χ3n) is 3.82. The van der Waals surface area contributed by atoms with Crippen LogP contribution in [0.4, 0.5) is 0 Å². The SMILES string of the molecule is C=C(C)[C@@H]1CC=C(CC(C)(C)C(C)=O)CC1. The van der Waals surface area contributed by atoms with Gasteiger partial charge in [0.25, 0.3) is 0 Å². The van der Waals surface area contributed by atoms with E-state index >= 15 is 0 Å². The normalized spacial score (nSPS) is 21.5. The van der Waals surface area contributed by atoms with E-state index in [1.807, 2.05) is 13.8 Å². The fourth-order valence-corrected chi connectivity index (χ4v) is 2.19. The van der Waals surface area contributed by atoms with E-state index in [0.717, 1.165) is 19.3 Å². The van der Waals surface area contributed by atoms with Gasteiger partial charge in [-0.15, -0.1) is 0 Å². The van der Waals surface area contributed by atoms with E-state index in [1.165, 1.54) is 17.6 Å². The second kappa shape index (κ2) is 4.99. The van der Waals surface area contributed by atoms with Crippen LogP contribution in [-0.4, -0.2) is 5.78 Å². The van der Waals surface area contributed by atoms with Crippen molar-refractivity contribution in [2.45, 2.75) is 53.4 Å². The zero-order valence-corrected chi connectivity index (χ0v) is 11.1. The van der Waals surface area contributed by atoms with E-state index in [9.17, 15) is 4.79 Å². The maximum atomic E-state index is 11.5. The van der Waals surface area contributed by atoms with E-state index in [2.05, 4.69) is 19.6 Å². The van der Waals surface area contributed by atoms with E-state index in [4.69, 9.17) is 0 Å². The van der Waals surface area contributed by atoms with Gasteiger partial charge in [-0.2, -0.15) is 0 Å². The number of carbonyl (C=O) groups is 1. The molecule has 0 amide bonds. The standard InChI is InChI=1S/C15H24O/c1-11(2)14-8-6-13(7-9-14)10-15(4,5)12(3)16/h6,14H,1,7-10H2,2-5H3/t14-/m1/s1. The minimum atomic E-state index is -0.193. The molecule has 1 aliphatic rings. The van der Waals surface area contributed by atoms with E-state index in [0.29, 0.717) is 5.92 Å². The molecule has 0 bridgehead atoms. The number of rotatable bonds is 4. The molecule has 0 saturated carbocycles. The Morgan fingerprint density at radius 2 is 2.12 bits per heavy atom. The molecule has 0 radical (unpaired) electrons. The Bertz CT molecular complexity index is 320. The van der Waals surface area contributed by atoms with Crippen molar-refractivity contribution in [3.05, 3.63) is 23.8 Å².